The maximum atomic E-state index is 4.09. The van der Waals surface area contributed by atoms with Gasteiger partial charge < -0.3 is 4.90 Å². The van der Waals surface area contributed by atoms with Crippen LogP contribution in [0.15, 0.2) is 12.2 Å². The lowest BCUT2D eigenvalue weighted by molar-refractivity contribution is -0.857. The normalized spacial score (nSPS) is 10.7. The molecule has 0 amide bonds. The van der Waals surface area contributed by atoms with E-state index in [0.29, 0.717) is 0 Å². The number of rotatable bonds is 7. The average molecular weight is 170 g/mol. The van der Waals surface area contributed by atoms with Gasteiger partial charge in [-0.1, -0.05) is 31.9 Å². The van der Waals surface area contributed by atoms with Crippen LogP contribution in [0.3, 0.4) is 0 Å². The van der Waals surface area contributed by atoms with Gasteiger partial charge in [-0.15, -0.1) is 0 Å². The number of quaternary nitrogens is 1. The second kappa shape index (κ2) is 7.35. The molecule has 1 N–H and O–H groups in total. The molecule has 0 radical (unpaired) electrons. The molecule has 0 fully saturated rings. The lowest BCUT2D eigenvalue weighted by Gasteiger charge is -2.08. The second-order valence-corrected chi connectivity index (χ2v) is 3.91. The first-order chi connectivity index (χ1) is 5.66. The van der Waals surface area contributed by atoms with Crippen LogP contribution in [-0.2, 0) is 0 Å². The fourth-order valence-corrected chi connectivity index (χ4v) is 1.18. The molecule has 1 nitrogen and oxygen atoms in total. The molecular formula is C11H24N+. The molecule has 0 saturated carbocycles. The molecule has 1 heteroatoms. The summed E-state index contributed by atoms with van der Waals surface area (Å²) < 4.78 is 0. The van der Waals surface area contributed by atoms with Gasteiger partial charge in [0.25, 0.3) is 0 Å². The highest BCUT2D eigenvalue weighted by molar-refractivity contribution is 4.93. The molecule has 0 aliphatic heterocycles. The Labute approximate surface area is 77.5 Å². The third-order valence-electron chi connectivity index (χ3n) is 2.11. The molecule has 12 heavy (non-hydrogen) atoms. The van der Waals surface area contributed by atoms with Crippen LogP contribution >= 0.6 is 0 Å². The third kappa shape index (κ3) is 7.80. The van der Waals surface area contributed by atoms with Gasteiger partial charge in [-0.2, -0.15) is 0 Å². The van der Waals surface area contributed by atoms with Crippen molar-refractivity contribution < 1.29 is 4.90 Å². The molecule has 0 aromatic heterocycles. The predicted molar refractivity (Wildman–Crippen MR) is 55.6 cm³/mol. The van der Waals surface area contributed by atoms with Gasteiger partial charge in [0.1, 0.15) is 0 Å². The minimum Gasteiger partial charge on any atom is -0.340 e. The van der Waals surface area contributed by atoms with Crippen molar-refractivity contribution in [3.05, 3.63) is 12.2 Å². The highest BCUT2D eigenvalue weighted by Crippen LogP contribution is 2.08. The molecule has 0 spiro atoms. The minimum atomic E-state index is 1.20. The Kier molecular flexibility index (Phi) is 7.17. The van der Waals surface area contributed by atoms with Gasteiger partial charge in [-0.05, 0) is 12.8 Å². The van der Waals surface area contributed by atoms with Crippen molar-refractivity contribution in [2.24, 2.45) is 0 Å². The number of unbranched alkanes of at least 4 members (excludes halogenated alkanes) is 2. The molecule has 0 aromatic rings. The van der Waals surface area contributed by atoms with Crippen molar-refractivity contribution in [2.75, 3.05) is 20.6 Å². The average Bonchev–Trinajstić information content (AvgIpc) is 2.01. The van der Waals surface area contributed by atoms with E-state index in [-0.39, 0.29) is 0 Å². The van der Waals surface area contributed by atoms with Gasteiger partial charge in [0.05, 0.1) is 20.6 Å². The summed E-state index contributed by atoms with van der Waals surface area (Å²) in [4.78, 5) is 1.52. The number of hydrogen-bond donors (Lipinski definition) is 1. The highest BCUT2D eigenvalue weighted by Gasteiger charge is 1.97. The summed E-state index contributed by atoms with van der Waals surface area (Å²) in [6, 6.07) is 0. The first-order valence-electron chi connectivity index (χ1n) is 5.12. The Morgan fingerprint density at radius 3 is 2.33 bits per heavy atom. The monoisotopic (exact) mass is 170 g/mol. The molecule has 0 rings (SSSR count). The standard InChI is InChI=1S/C11H23N/c1-5-6-7-8-11(2)9-10-12(3)4/h2,5-10H2,1,3-4H3/p+1. The molecule has 0 saturated heterocycles. The van der Waals surface area contributed by atoms with Gasteiger partial charge in [-0.25, -0.2) is 0 Å². The van der Waals surface area contributed by atoms with Gasteiger partial charge in [0.15, 0.2) is 0 Å². The van der Waals surface area contributed by atoms with Gasteiger partial charge >= 0.3 is 0 Å². The van der Waals surface area contributed by atoms with E-state index in [1.165, 1.54) is 49.1 Å². The maximum absolute atomic E-state index is 4.09. The zero-order valence-corrected chi connectivity index (χ0v) is 8.95. The van der Waals surface area contributed by atoms with Crippen LogP contribution in [0, 0.1) is 0 Å². The summed E-state index contributed by atoms with van der Waals surface area (Å²) in [5, 5.41) is 0. The smallest absolute Gasteiger partial charge is 0.0804 e. The Balaban J connectivity index is 3.22. The van der Waals surface area contributed by atoms with Crippen molar-refractivity contribution >= 4 is 0 Å². The Morgan fingerprint density at radius 2 is 1.83 bits per heavy atom. The lowest BCUT2D eigenvalue weighted by Crippen LogP contribution is -3.05. The molecule has 0 bridgehead atoms. The second-order valence-electron chi connectivity index (χ2n) is 3.91. The van der Waals surface area contributed by atoms with Gasteiger partial charge in [-0.3, -0.25) is 0 Å². The molecule has 0 aliphatic carbocycles. The molecule has 0 heterocycles. The van der Waals surface area contributed by atoms with Gasteiger partial charge in [0, 0.05) is 6.42 Å². The summed E-state index contributed by atoms with van der Waals surface area (Å²) >= 11 is 0. The largest absolute Gasteiger partial charge is 0.340 e. The molecule has 0 aliphatic rings. The number of nitrogens with one attached hydrogen (secondary N) is 1. The summed E-state index contributed by atoms with van der Waals surface area (Å²) in [5.41, 5.74) is 1.43. The molecular weight excluding hydrogens is 146 g/mol. The van der Waals surface area contributed by atoms with E-state index in [1.54, 1.807) is 0 Å². The summed E-state index contributed by atoms with van der Waals surface area (Å²) in [5.74, 6) is 0. The van der Waals surface area contributed by atoms with Crippen LogP contribution in [0.5, 0.6) is 0 Å². The van der Waals surface area contributed by atoms with E-state index in [0.717, 1.165) is 0 Å². The van der Waals surface area contributed by atoms with Crippen LogP contribution in [0.2, 0.25) is 0 Å². The zero-order chi connectivity index (χ0) is 9.40. The van der Waals surface area contributed by atoms with Crippen molar-refractivity contribution in [3.63, 3.8) is 0 Å². The minimum absolute atomic E-state index is 1.20. The van der Waals surface area contributed by atoms with Crippen LogP contribution in [0.25, 0.3) is 0 Å². The molecule has 72 valence electrons. The van der Waals surface area contributed by atoms with E-state index < -0.39 is 0 Å². The van der Waals surface area contributed by atoms with Crippen LogP contribution in [0.4, 0.5) is 0 Å². The van der Waals surface area contributed by atoms with Crippen LogP contribution < -0.4 is 4.90 Å². The Hall–Kier alpha value is -0.300. The predicted octanol–water partition coefficient (Wildman–Crippen LogP) is 1.66. The van der Waals surface area contributed by atoms with E-state index in [1.807, 2.05) is 0 Å². The molecule has 0 atom stereocenters. The maximum Gasteiger partial charge on any atom is 0.0804 e. The van der Waals surface area contributed by atoms with Crippen molar-refractivity contribution in [3.8, 4) is 0 Å². The first kappa shape index (κ1) is 11.7. The SMILES string of the molecule is C=C(CCCCC)CC[NH+](C)C. The van der Waals surface area contributed by atoms with Crippen LogP contribution in [0.1, 0.15) is 39.0 Å². The molecule has 0 aromatic carbocycles. The third-order valence-corrected chi connectivity index (χ3v) is 2.11. The topological polar surface area (TPSA) is 4.44 Å². The zero-order valence-electron chi connectivity index (χ0n) is 8.95. The lowest BCUT2D eigenvalue weighted by atomic mass is 10.1. The van der Waals surface area contributed by atoms with Crippen molar-refractivity contribution in [1.82, 2.24) is 0 Å². The summed E-state index contributed by atoms with van der Waals surface area (Å²) in [6.45, 7) is 7.56. The van der Waals surface area contributed by atoms with E-state index >= 15 is 0 Å². The fraction of sp³-hybridized carbons (Fsp3) is 0.818. The van der Waals surface area contributed by atoms with E-state index in [9.17, 15) is 0 Å². The van der Waals surface area contributed by atoms with Crippen molar-refractivity contribution in [2.45, 2.75) is 39.0 Å². The first-order valence-corrected chi connectivity index (χ1v) is 5.12. The van der Waals surface area contributed by atoms with E-state index in [2.05, 4.69) is 27.6 Å². The highest BCUT2D eigenvalue weighted by atomic mass is 15.0. The van der Waals surface area contributed by atoms with Gasteiger partial charge in [0.2, 0.25) is 0 Å². The fourth-order valence-electron chi connectivity index (χ4n) is 1.18. The van der Waals surface area contributed by atoms with E-state index in [4.69, 9.17) is 0 Å². The summed E-state index contributed by atoms with van der Waals surface area (Å²) in [6.07, 6.45) is 6.44. The quantitative estimate of drug-likeness (QED) is 0.438. The van der Waals surface area contributed by atoms with Crippen LogP contribution in [-0.4, -0.2) is 20.6 Å². The summed E-state index contributed by atoms with van der Waals surface area (Å²) in [7, 11) is 4.39. The van der Waals surface area contributed by atoms with Crippen molar-refractivity contribution in [1.29, 1.82) is 0 Å². The Morgan fingerprint density at radius 1 is 1.17 bits per heavy atom. The number of hydrogen-bond acceptors (Lipinski definition) is 0. The molecule has 0 unspecified atom stereocenters. The Bertz CT molecular complexity index is 116.